The van der Waals surface area contributed by atoms with E-state index < -0.39 is 12.0 Å². The first-order valence-corrected chi connectivity index (χ1v) is 14.8. The van der Waals surface area contributed by atoms with Crippen LogP contribution < -0.4 is 15.4 Å². The van der Waals surface area contributed by atoms with E-state index >= 15 is 0 Å². The molecular formula is C31H44N4O5. The highest BCUT2D eigenvalue weighted by Crippen LogP contribution is 2.21. The maximum absolute atomic E-state index is 12.6. The lowest BCUT2D eigenvalue weighted by Gasteiger charge is -2.25. The van der Waals surface area contributed by atoms with Gasteiger partial charge in [-0.05, 0) is 87.6 Å². The van der Waals surface area contributed by atoms with Crippen LogP contribution in [0.5, 0.6) is 5.75 Å². The van der Waals surface area contributed by atoms with E-state index in [0.717, 1.165) is 75.3 Å². The number of pyridine rings is 1. The quantitative estimate of drug-likeness (QED) is 0.269. The standard InChI is InChI=1S/C31H44N4O5/c36-29(23-24-14-20-39-21-15-24)34-28(31(37)38)13-18-35(19-22-40-27-9-2-1-3-10-27)17-5-4-8-26-12-11-25-7-6-16-32-30(25)33-26/h1-3,9-12,24,28H,4-8,13-23H2,(H,32,33)(H,34,36)(H,37,38)/t28-/m0/s1. The van der Waals surface area contributed by atoms with E-state index in [1.54, 1.807) is 0 Å². The van der Waals surface area contributed by atoms with Crippen molar-refractivity contribution in [2.24, 2.45) is 5.92 Å². The van der Waals surface area contributed by atoms with Crippen molar-refractivity contribution in [3.05, 3.63) is 53.7 Å². The van der Waals surface area contributed by atoms with Crippen molar-refractivity contribution in [3.63, 3.8) is 0 Å². The number of fused-ring (bicyclic) bond motifs is 1. The van der Waals surface area contributed by atoms with Gasteiger partial charge in [-0.25, -0.2) is 9.78 Å². The summed E-state index contributed by atoms with van der Waals surface area (Å²) in [5, 5.41) is 16.0. The van der Waals surface area contributed by atoms with Crippen molar-refractivity contribution in [3.8, 4) is 5.75 Å². The molecule has 2 aliphatic heterocycles. The summed E-state index contributed by atoms with van der Waals surface area (Å²) in [5.74, 6) is 0.925. The molecule has 3 N–H and O–H groups in total. The molecule has 1 fully saturated rings. The van der Waals surface area contributed by atoms with Crippen LogP contribution in [0.25, 0.3) is 0 Å². The van der Waals surface area contributed by atoms with Gasteiger partial charge in [0.2, 0.25) is 5.91 Å². The highest BCUT2D eigenvalue weighted by atomic mass is 16.5. The van der Waals surface area contributed by atoms with Crippen LogP contribution in [0.3, 0.4) is 0 Å². The molecular weight excluding hydrogens is 508 g/mol. The third-order valence-corrected chi connectivity index (χ3v) is 7.71. The Morgan fingerprint density at radius 2 is 1.93 bits per heavy atom. The highest BCUT2D eigenvalue weighted by Gasteiger charge is 2.24. The van der Waals surface area contributed by atoms with Gasteiger partial charge in [-0.15, -0.1) is 0 Å². The van der Waals surface area contributed by atoms with Crippen molar-refractivity contribution in [2.75, 3.05) is 51.3 Å². The minimum Gasteiger partial charge on any atom is -0.492 e. The number of para-hydroxylation sites is 1. The first-order valence-electron chi connectivity index (χ1n) is 14.8. The molecule has 40 heavy (non-hydrogen) atoms. The van der Waals surface area contributed by atoms with Gasteiger partial charge in [0.1, 0.15) is 24.2 Å². The lowest BCUT2D eigenvalue weighted by Crippen LogP contribution is -2.44. The van der Waals surface area contributed by atoms with Gasteiger partial charge in [-0.1, -0.05) is 24.3 Å². The number of aliphatic carboxylic acids is 1. The number of nitrogens with one attached hydrogen (secondary N) is 2. The zero-order chi connectivity index (χ0) is 28.0. The summed E-state index contributed by atoms with van der Waals surface area (Å²) in [6.07, 6.45) is 7.49. The maximum atomic E-state index is 12.6. The number of carbonyl (C=O) groups excluding carboxylic acids is 1. The molecule has 218 valence electrons. The van der Waals surface area contributed by atoms with Crippen LogP contribution in [0, 0.1) is 5.92 Å². The van der Waals surface area contributed by atoms with Crippen molar-refractivity contribution >= 4 is 17.7 Å². The van der Waals surface area contributed by atoms with Crippen molar-refractivity contribution in [1.29, 1.82) is 0 Å². The number of carboxylic acid groups (broad SMARTS) is 1. The highest BCUT2D eigenvalue weighted by molar-refractivity contribution is 5.83. The van der Waals surface area contributed by atoms with Gasteiger partial charge in [0.15, 0.2) is 0 Å². The monoisotopic (exact) mass is 552 g/mol. The first-order chi connectivity index (χ1) is 19.6. The van der Waals surface area contributed by atoms with Crippen LogP contribution in [0.1, 0.15) is 56.2 Å². The molecule has 1 aromatic carbocycles. The second kappa shape index (κ2) is 16.2. The number of ether oxygens (including phenoxy) is 2. The Labute approximate surface area is 237 Å². The topological polar surface area (TPSA) is 113 Å². The van der Waals surface area contributed by atoms with Gasteiger partial charge >= 0.3 is 5.97 Å². The summed E-state index contributed by atoms with van der Waals surface area (Å²) < 4.78 is 11.3. The number of rotatable bonds is 16. The van der Waals surface area contributed by atoms with Crippen molar-refractivity contribution < 1.29 is 24.2 Å². The Balaban J connectivity index is 1.25. The maximum Gasteiger partial charge on any atom is 0.326 e. The third-order valence-electron chi connectivity index (χ3n) is 7.71. The number of carboxylic acids is 1. The summed E-state index contributed by atoms with van der Waals surface area (Å²) in [6, 6.07) is 13.1. The van der Waals surface area contributed by atoms with Crippen LogP contribution in [-0.2, 0) is 27.2 Å². The molecule has 0 spiro atoms. The molecule has 1 saturated heterocycles. The Bertz CT molecular complexity index is 1060. The van der Waals surface area contributed by atoms with Crippen molar-refractivity contribution in [1.82, 2.24) is 15.2 Å². The number of hydrogen-bond acceptors (Lipinski definition) is 7. The summed E-state index contributed by atoms with van der Waals surface area (Å²) in [4.78, 5) is 31.6. The van der Waals surface area contributed by atoms with E-state index in [4.69, 9.17) is 14.5 Å². The molecule has 3 heterocycles. The van der Waals surface area contributed by atoms with E-state index in [1.165, 1.54) is 5.56 Å². The van der Waals surface area contributed by atoms with Gasteiger partial charge in [-0.2, -0.15) is 0 Å². The molecule has 0 unspecified atom stereocenters. The zero-order valence-electron chi connectivity index (χ0n) is 23.5. The number of hydrogen-bond donors (Lipinski definition) is 3. The van der Waals surface area contributed by atoms with Gasteiger partial charge in [0, 0.05) is 45.0 Å². The lowest BCUT2D eigenvalue weighted by molar-refractivity contribution is -0.142. The van der Waals surface area contributed by atoms with Crippen LogP contribution in [0.15, 0.2) is 42.5 Å². The fourth-order valence-corrected chi connectivity index (χ4v) is 5.33. The second-order valence-corrected chi connectivity index (χ2v) is 10.8. The molecule has 9 nitrogen and oxygen atoms in total. The van der Waals surface area contributed by atoms with Gasteiger partial charge in [0.05, 0.1) is 0 Å². The number of anilines is 1. The minimum atomic E-state index is -0.993. The number of aryl methyl sites for hydroxylation is 2. The molecule has 1 atom stereocenters. The minimum absolute atomic E-state index is 0.190. The van der Waals surface area contributed by atoms with Crippen LogP contribution in [-0.4, -0.2) is 78.9 Å². The Kier molecular flexibility index (Phi) is 12.1. The predicted molar refractivity (Wildman–Crippen MR) is 155 cm³/mol. The molecule has 1 aromatic heterocycles. The largest absolute Gasteiger partial charge is 0.492 e. The Morgan fingerprint density at radius 3 is 2.73 bits per heavy atom. The summed E-state index contributed by atoms with van der Waals surface area (Å²) >= 11 is 0. The van der Waals surface area contributed by atoms with Crippen LogP contribution in [0.4, 0.5) is 5.82 Å². The fraction of sp³-hybridized carbons (Fsp3) is 0.581. The lowest BCUT2D eigenvalue weighted by atomic mass is 9.96. The molecule has 0 aliphatic carbocycles. The van der Waals surface area contributed by atoms with E-state index in [1.807, 2.05) is 30.3 Å². The average molecular weight is 553 g/mol. The average Bonchev–Trinajstić information content (AvgIpc) is 2.97. The number of nitrogens with zero attached hydrogens (tertiary/aromatic N) is 2. The molecule has 1 amide bonds. The second-order valence-electron chi connectivity index (χ2n) is 10.8. The van der Waals surface area contributed by atoms with E-state index in [0.29, 0.717) is 45.8 Å². The summed E-state index contributed by atoms with van der Waals surface area (Å²) in [6.45, 7) is 4.89. The van der Waals surface area contributed by atoms with Crippen molar-refractivity contribution in [2.45, 2.75) is 63.8 Å². The molecule has 4 rings (SSSR count). The van der Waals surface area contributed by atoms with Gasteiger partial charge in [-0.3, -0.25) is 9.69 Å². The number of unbranched alkanes of at least 4 members (excludes halogenated alkanes) is 1. The van der Waals surface area contributed by atoms with Gasteiger partial charge in [0.25, 0.3) is 0 Å². The predicted octanol–water partition coefficient (Wildman–Crippen LogP) is 3.92. The molecule has 0 bridgehead atoms. The van der Waals surface area contributed by atoms with Crippen LogP contribution in [0.2, 0.25) is 0 Å². The molecule has 9 heteroatoms. The third kappa shape index (κ3) is 10.1. The summed E-state index contributed by atoms with van der Waals surface area (Å²) in [7, 11) is 0. The number of amides is 1. The number of carbonyl (C=O) groups is 2. The van der Waals surface area contributed by atoms with E-state index in [9.17, 15) is 14.7 Å². The zero-order valence-corrected chi connectivity index (χ0v) is 23.5. The van der Waals surface area contributed by atoms with Gasteiger partial charge < -0.3 is 25.2 Å². The Morgan fingerprint density at radius 1 is 1.10 bits per heavy atom. The van der Waals surface area contributed by atoms with Crippen LogP contribution >= 0.6 is 0 Å². The molecule has 0 saturated carbocycles. The van der Waals surface area contributed by atoms with E-state index in [2.05, 4.69) is 27.7 Å². The molecule has 2 aromatic rings. The Hall–Kier alpha value is -3.17. The first kappa shape index (κ1) is 29.8. The summed E-state index contributed by atoms with van der Waals surface area (Å²) in [5.41, 5.74) is 2.40. The van der Waals surface area contributed by atoms with E-state index in [-0.39, 0.29) is 11.8 Å². The number of aromatic nitrogens is 1. The molecule has 2 aliphatic rings. The fourth-order valence-electron chi connectivity index (χ4n) is 5.33. The normalized spacial score (nSPS) is 16.1. The number of benzene rings is 1. The SMILES string of the molecule is O=C(CC1CCOCC1)N[C@@H](CCN(CCCCc1ccc2c(n1)NCCC2)CCOc1ccccc1)C(=O)O. The molecule has 0 radical (unpaired) electrons. The smallest absolute Gasteiger partial charge is 0.326 e.